The van der Waals surface area contributed by atoms with E-state index in [1.54, 1.807) is 0 Å². The summed E-state index contributed by atoms with van der Waals surface area (Å²) in [4.78, 5) is 0. The van der Waals surface area contributed by atoms with Crippen LogP contribution in [0.25, 0.3) is 12.2 Å². The van der Waals surface area contributed by atoms with Gasteiger partial charge in [-0.2, -0.15) is 0 Å². The first-order valence-corrected chi connectivity index (χ1v) is 5.73. The Kier molecular flexibility index (Phi) is 2.14. The molecule has 0 nitrogen and oxygen atoms in total. The van der Waals surface area contributed by atoms with Crippen molar-refractivity contribution in [2.75, 3.05) is 0 Å². The van der Waals surface area contributed by atoms with Crippen LogP contribution >= 0.6 is 0 Å². The van der Waals surface area contributed by atoms with Crippen LogP contribution in [0.5, 0.6) is 0 Å². The highest BCUT2D eigenvalue weighted by atomic mass is 14.0. The molecule has 3 rings (SSSR count). The third kappa shape index (κ3) is 1.47. The van der Waals surface area contributed by atoms with Gasteiger partial charge in [0.05, 0.1) is 0 Å². The van der Waals surface area contributed by atoms with Gasteiger partial charge in [0.25, 0.3) is 0 Å². The Balaban J connectivity index is 2.70. The van der Waals surface area contributed by atoms with Crippen LogP contribution in [0.1, 0.15) is 6.92 Å². The molecule has 0 aromatic heterocycles. The number of hydrogen-bond acceptors (Lipinski definition) is 0. The van der Waals surface area contributed by atoms with Crippen LogP contribution in [0.4, 0.5) is 0 Å². The van der Waals surface area contributed by atoms with Crippen molar-refractivity contribution in [2.45, 2.75) is 6.92 Å². The topological polar surface area (TPSA) is 0 Å². The Labute approximate surface area is 94.9 Å². The summed E-state index contributed by atoms with van der Waals surface area (Å²) in [5, 5.41) is 5.38. The van der Waals surface area contributed by atoms with Crippen molar-refractivity contribution >= 4 is 12.2 Å². The Hall–Kier alpha value is -1.82. The van der Waals surface area contributed by atoms with Gasteiger partial charge in [0.15, 0.2) is 0 Å². The zero-order chi connectivity index (χ0) is 11.0. The molecule has 0 radical (unpaired) electrons. The van der Waals surface area contributed by atoms with Crippen LogP contribution in [0.3, 0.4) is 0 Å². The molecule has 0 spiro atoms. The van der Waals surface area contributed by atoms with E-state index in [4.69, 9.17) is 0 Å². The fraction of sp³-hybridized carbons (Fsp3) is 0.125. The fourth-order valence-corrected chi connectivity index (χ4v) is 2.39. The number of hydrogen-bond donors (Lipinski definition) is 0. The molecule has 1 aliphatic carbocycles. The molecule has 0 saturated heterocycles. The molecule has 2 aromatic rings. The minimum atomic E-state index is 0.491. The van der Waals surface area contributed by atoms with Gasteiger partial charge in [0, 0.05) is 0 Å². The van der Waals surface area contributed by atoms with Crippen LogP contribution in [-0.4, -0.2) is 0 Å². The van der Waals surface area contributed by atoms with Crippen LogP contribution in [0.2, 0.25) is 0 Å². The number of benzene rings is 2. The molecular weight excluding hydrogens is 192 g/mol. The molecule has 0 unspecified atom stereocenters. The van der Waals surface area contributed by atoms with E-state index in [1.807, 2.05) is 0 Å². The van der Waals surface area contributed by atoms with Gasteiger partial charge in [-0.1, -0.05) is 67.6 Å². The lowest BCUT2D eigenvalue weighted by molar-refractivity contribution is 1.06. The van der Waals surface area contributed by atoms with Crippen molar-refractivity contribution < 1.29 is 0 Å². The second-order valence-corrected chi connectivity index (χ2v) is 4.37. The Morgan fingerprint density at radius 2 is 1.12 bits per heavy atom. The molecule has 2 aromatic carbocycles. The SMILES string of the molecule is CC1C=c2ccccc2=c2ccccc2=C1. The summed E-state index contributed by atoms with van der Waals surface area (Å²) >= 11 is 0. The van der Waals surface area contributed by atoms with E-state index in [9.17, 15) is 0 Å². The number of fused-ring (bicyclic) bond motifs is 2. The van der Waals surface area contributed by atoms with Crippen molar-refractivity contribution in [1.82, 2.24) is 0 Å². The first kappa shape index (κ1) is 9.41. The van der Waals surface area contributed by atoms with E-state index in [-0.39, 0.29) is 0 Å². The Morgan fingerprint density at radius 3 is 1.62 bits per heavy atom. The molecule has 0 heterocycles. The normalized spacial score (nSPS) is 14.1. The van der Waals surface area contributed by atoms with E-state index in [2.05, 4.69) is 67.6 Å². The molecule has 0 fully saturated rings. The zero-order valence-electron chi connectivity index (χ0n) is 9.35. The zero-order valence-corrected chi connectivity index (χ0v) is 9.35. The molecule has 0 saturated carbocycles. The average Bonchev–Trinajstić information content (AvgIpc) is 2.44. The predicted octanol–water partition coefficient (Wildman–Crippen LogP) is 2.18. The average molecular weight is 206 g/mol. The van der Waals surface area contributed by atoms with Crippen molar-refractivity contribution in [3.63, 3.8) is 0 Å². The van der Waals surface area contributed by atoms with Gasteiger partial charge in [-0.25, -0.2) is 0 Å². The van der Waals surface area contributed by atoms with Crippen molar-refractivity contribution in [3.8, 4) is 0 Å². The van der Waals surface area contributed by atoms with E-state index in [0.29, 0.717) is 5.92 Å². The van der Waals surface area contributed by atoms with Gasteiger partial charge >= 0.3 is 0 Å². The highest BCUT2D eigenvalue weighted by Crippen LogP contribution is 2.02. The third-order valence-corrected chi connectivity index (χ3v) is 3.10. The lowest BCUT2D eigenvalue weighted by Crippen LogP contribution is -2.05. The van der Waals surface area contributed by atoms with Crippen molar-refractivity contribution in [3.05, 3.63) is 69.4 Å². The number of rotatable bonds is 0. The first-order valence-electron chi connectivity index (χ1n) is 5.73. The predicted molar refractivity (Wildman–Crippen MR) is 67.9 cm³/mol. The highest BCUT2D eigenvalue weighted by molar-refractivity contribution is 5.45. The van der Waals surface area contributed by atoms with Gasteiger partial charge < -0.3 is 0 Å². The maximum absolute atomic E-state index is 2.33. The molecule has 0 aliphatic heterocycles. The summed E-state index contributed by atoms with van der Waals surface area (Å²) in [6, 6.07) is 17.2. The Morgan fingerprint density at radius 1 is 0.688 bits per heavy atom. The summed E-state index contributed by atoms with van der Waals surface area (Å²) in [7, 11) is 0. The lowest BCUT2D eigenvalue weighted by Gasteiger charge is -1.94. The van der Waals surface area contributed by atoms with E-state index in [0.717, 1.165) is 0 Å². The van der Waals surface area contributed by atoms with E-state index in [1.165, 1.54) is 20.9 Å². The minimum Gasteiger partial charge on any atom is -0.0700 e. The standard InChI is InChI=1S/C16H14/c1-12-10-13-6-2-4-8-15(13)16-9-5-3-7-14(16)11-12/h2-12H,1H3. The van der Waals surface area contributed by atoms with Crippen LogP contribution in [0, 0.1) is 16.4 Å². The summed E-state index contributed by atoms with van der Waals surface area (Å²) < 4.78 is 0. The lowest BCUT2D eigenvalue weighted by atomic mass is 10.1. The first-order chi connectivity index (χ1) is 7.84. The van der Waals surface area contributed by atoms with Gasteiger partial charge in [0.2, 0.25) is 0 Å². The van der Waals surface area contributed by atoms with E-state index < -0.39 is 0 Å². The van der Waals surface area contributed by atoms with Crippen molar-refractivity contribution in [1.29, 1.82) is 0 Å². The summed E-state index contributed by atoms with van der Waals surface area (Å²) in [5.41, 5.74) is 0. The smallest absolute Gasteiger partial charge is 0.00635 e. The molecule has 0 N–H and O–H groups in total. The van der Waals surface area contributed by atoms with E-state index >= 15 is 0 Å². The molecule has 1 aliphatic rings. The molecule has 0 amide bonds. The highest BCUT2D eigenvalue weighted by Gasteiger charge is 1.98. The summed E-state index contributed by atoms with van der Waals surface area (Å²) in [5.74, 6) is 0.491. The molecule has 0 heteroatoms. The molecule has 0 bridgehead atoms. The largest absolute Gasteiger partial charge is 0.0700 e. The molecule has 16 heavy (non-hydrogen) atoms. The summed E-state index contributed by atoms with van der Waals surface area (Å²) in [6.45, 7) is 2.24. The molecule has 78 valence electrons. The van der Waals surface area contributed by atoms with Crippen LogP contribution < -0.4 is 10.4 Å². The maximum Gasteiger partial charge on any atom is -0.00635 e. The molecule has 0 atom stereocenters. The third-order valence-electron chi connectivity index (χ3n) is 3.10. The maximum atomic E-state index is 2.33. The quantitative estimate of drug-likeness (QED) is 0.620. The van der Waals surface area contributed by atoms with Crippen LogP contribution in [0.15, 0.2) is 48.5 Å². The van der Waals surface area contributed by atoms with Crippen LogP contribution in [-0.2, 0) is 0 Å². The second kappa shape index (κ2) is 3.64. The summed E-state index contributed by atoms with van der Waals surface area (Å²) in [6.07, 6.45) is 4.66. The fourth-order valence-electron chi connectivity index (χ4n) is 2.39. The monoisotopic (exact) mass is 206 g/mol. The van der Waals surface area contributed by atoms with Gasteiger partial charge in [-0.3, -0.25) is 0 Å². The Bertz CT molecular complexity index is 660. The van der Waals surface area contributed by atoms with Gasteiger partial charge in [-0.15, -0.1) is 0 Å². The minimum absolute atomic E-state index is 0.491. The molecular formula is C16H14. The second-order valence-electron chi connectivity index (χ2n) is 4.37. The van der Waals surface area contributed by atoms with Crippen molar-refractivity contribution in [2.24, 2.45) is 5.92 Å². The van der Waals surface area contributed by atoms with Gasteiger partial charge in [-0.05, 0) is 26.8 Å². The van der Waals surface area contributed by atoms with Gasteiger partial charge in [0.1, 0.15) is 0 Å².